The molecule has 0 aliphatic heterocycles. The first-order valence-electron chi connectivity index (χ1n) is 5.22. The van der Waals surface area contributed by atoms with E-state index in [0.717, 1.165) is 16.0 Å². The standard InChI is InChI=1S/C13H13ClO2S/c1-16-8-9-4-2-3-5-10(9)13(15)11-6-7-12(14)17-11/h2-7,13,15H,8H2,1H3. The van der Waals surface area contributed by atoms with E-state index in [-0.39, 0.29) is 0 Å². The smallest absolute Gasteiger partial charge is 0.114 e. The lowest BCUT2D eigenvalue weighted by Gasteiger charge is -2.13. The summed E-state index contributed by atoms with van der Waals surface area (Å²) < 4.78 is 5.81. The molecule has 2 rings (SSSR count). The molecule has 0 saturated carbocycles. The van der Waals surface area contributed by atoms with E-state index in [1.165, 1.54) is 11.3 Å². The minimum atomic E-state index is -0.640. The van der Waals surface area contributed by atoms with Gasteiger partial charge >= 0.3 is 0 Å². The number of hydrogen-bond donors (Lipinski definition) is 1. The Balaban J connectivity index is 2.33. The fraction of sp³-hybridized carbons (Fsp3) is 0.231. The van der Waals surface area contributed by atoms with Crippen LogP contribution in [0.2, 0.25) is 4.34 Å². The highest BCUT2D eigenvalue weighted by atomic mass is 35.5. The van der Waals surface area contributed by atoms with Crippen LogP contribution < -0.4 is 0 Å². The third-order valence-corrected chi connectivity index (χ3v) is 3.80. The highest BCUT2D eigenvalue weighted by Gasteiger charge is 2.15. The molecule has 1 atom stereocenters. The summed E-state index contributed by atoms with van der Waals surface area (Å²) in [5.41, 5.74) is 1.86. The van der Waals surface area contributed by atoms with Gasteiger partial charge in [-0.05, 0) is 23.3 Å². The zero-order valence-electron chi connectivity index (χ0n) is 9.39. The average molecular weight is 269 g/mol. The van der Waals surface area contributed by atoms with E-state index in [1.54, 1.807) is 13.2 Å². The molecule has 1 heterocycles. The first-order valence-corrected chi connectivity index (χ1v) is 6.42. The van der Waals surface area contributed by atoms with Gasteiger partial charge in [0.25, 0.3) is 0 Å². The molecule has 0 saturated heterocycles. The van der Waals surface area contributed by atoms with Crippen molar-refractivity contribution in [3.63, 3.8) is 0 Å². The quantitative estimate of drug-likeness (QED) is 0.918. The van der Waals surface area contributed by atoms with Gasteiger partial charge in [-0.3, -0.25) is 0 Å². The molecule has 90 valence electrons. The largest absolute Gasteiger partial charge is 0.383 e. The minimum Gasteiger partial charge on any atom is -0.383 e. The van der Waals surface area contributed by atoms with Crippen molar-refractivity contribution < 1.29 is 9.84 Å². The van der Waals surface area contributed by atoms with Crippen molar-refractivity contribution >= 4 is 22.9 Å². The Labute approximate surface area is 109 Å². The van der Waals surface area contributed by atoms with E-state index in [9.17, 15) is 5.11 Å². The first-order chi connectivity index (χ1) is 8.22. The lowest BCUT2D eigenvalue weighted by atomic mass is 10.0. The molecule has 17 heavy (non-hydrogen) atoms. The second kappa shape index (κ2) is 5.65. The predicted molar refractivity (Wildman–Crippen MR) is 70.5 cm³/mol. The molecule has 1 unspecified atom stereocenters. The average Bonchev–Trinajstić information content (AvgIpc) is 2.76. The van der Waals surface area contributed by atoms with Crippen molar-refractivity contribution in [3.05, 3.63) is 56.7 Å². The summed E-state index contributed by atoms with van der Waals surface area (Å²) in [4.78, 5) is 0.846. The number of halogens is 1. The molecule has 0 spiro atoms. The molecule has 2 nitrogen and oxygen atoms in total. The molecule has 0 aliphatic carbocycles. The second-order valence-electron chi connectivity index (χ2n) is 3.68. The number of aliphatic hydroxyl groups is 1. The van der Waals surface area contributed by atoms with E-state index in [1.807, 2.05) is 30.3 Å². The normalized spacial score (nSPS) is 12.6. The van der Waals surface area contributed by atoms with Gasteiger partial charge in [-0.2, -0.15) is 0 Å². The number of ether oxygens (including phenoxy) is 1. The van der Waals surface area contributed by atoms with Crippen LogP contribution in [-0.2, 0) is 11.3 Å². The van der Waals surface area contributed by atoms with Crippen LogP contribution >= 0.6 is 22.9 Å². The van der Waals surface area contributed by atoms with Crippen LogP contribution in [0.25, 0.3) is 0 Å². The maximum atomic E-state index is 10.3. The fourth-order valence-corrected chi connectivity index (χ4v) is 2.78. The van der Waals surface area contributed by atoms with Gasteiger partial charge in [0.2, 0.25) is 0 Å². The Morgan fingerprint density at radius 1 is 1.29 bits per heavy atom. The highest BCUT2D eigenvalue weighted by Crippen LogP contribution is 2.32. The number of rotatable bonds is 4. The lowest BCUT2D eigenvalue weighted by molar-refractivity contribution is 0.177. The molecule has 1 aromatic heterocycles. The third kappa shape index (κ3) is 2.87. The SMILES string of the molecule is COCc1ccccc1C(O)c1ccc(Cl)s1. The second-order valence-corrected chi connectivity index (χ2v) is 5.42. The van der Waals surface area contributed by atoms with Crippen LogP contribution in [0.4, 0.5) is 0 Å². The Morgan fingerprint density at radius 3 is 2.71 bits per heavy atom. The molecule has 0 bridgehead atoms. The number of hydrogen-bond acceptors (Lipinski definition) is 3. The van der Waals surface area contributed by atoms with Gasteiger partial charge in [0.15, 0.2) is 0 Å². The summed E-state index contributed by atoms with van der Waals surface area (Å²) in [7, 11) is 1.64. The lowest BCUT2D eigenvalue weighted by Crippen LogP contribution is -2.02. The fourth-order valence-electron chi connectivity index (χ4n) is 1.72. The van der Waals surface area contributed by atoms with Gasteiger partial charge < -0.3 is 9.84 Å². The number of aliphatic hydroxyl groups excluding tert-OH is 1. The van der Waals surface area contributed by atoms with E-state index < -0.39 is 6.10 Å². The van der Waals surface area contributed by atoms with E-state index in [2.05, 4.69) is 0 Å². The molecule has 0 aliphatic rings. The maximum absolute atomic E-state index is 10.3. The zero-order valence-corrected chi connectivity index (χ0v) is 11.0. The van der Waals surface area contributed by atoms with Crippen LogP contribution in [0.3, 0.4) is 0 Å². The molecule has 0 fully saturated rings. The van der Waals surface area contributed by atoms with E-state index >= 15 is 0 Å². The summed E-state index contributed by atoms with van der Waals surface area (Å²) in [5.74, 6) is 0. The first kappa shape index (κ1) is 12.6. The topological polar surface area (TPSA) is 29.5 Å². The van der Waals surface area contributed by atoms with E-state index in [4.69, 9.17) is 16.3 Å². The van der Waals surface area contributed by atoms with Crippen molar-refractivity contribution in [2.45, 2.75) is 12.7 Å². The maximum Gasteiger partial charge on any atom is 0.114 e. The van der Waals surface area contributed by atoms with Gasteiger partial charge in [0, 0.05) is 12.0 Å². The summed E-state index contributed by atoms with van der Waals surface area (Å²) in [6.45, 7) is 0.492. The van der Waals surface area contributed by atoms with Crippen molar-refractivity contribution in [1.82, 2.24) is 0 Å². The van der Waals surface area contributed by atoms with Crippen LogP contribution in [0.5, 0.6) is 0 Å². The van der Waals surface area contributed by atoms with Crippen LogP contribution in [0.1, 0.15) is 22.1 Å². The monoisotopic (exact) mass is 268 g/mol. The Hall–Kier alpha value is -0.870. The Kier molecular flexibility index (Phi) is 4.18. The molecule has 0 amide bonds. The van der Waals surface area contributed by atoms with Gasteiger partial charge in [0.1, 0.15) is 6.10 Å². The van der Waals surface area contributed by atoms with Crippen LogP contribution in [0, 0.1) is 0 Å². The van der Waals surface area contributed by atoms with E-state index in [0.29, 0.717) is 10.9 Å². The van der Waals surface area contributed by atoms with Crippen molar-refractivity contribution in [3.8, 4) is 0 Å². The van der Waals surface area contributed by atoms with Gasteiger partial charge in [-0.15, -0.1) is 11.3 Å². The summed E-state index contributed by atoms with van der Waals surface area (Å²) in [6, 6.07) is 11.4. The Morgan fingerprint density at radius 2 is 2.06 bits per heavy atom. The molecule has 1 N–H and O–H groups in total. The molecule has 1 aromatic carbocycles. The minimum absolute atomic E-state index is 0.492. The summed E-state index contributed by atoms with van der Waals surface area (Å²) >= 11 is 7.27. The molecule has 0 radical (unpaired) electrons. The van der Waals surface area contributed by atoms with Crippen LogP contribution in [0.15, 0.2) is 36.4 Å². The molecular formula is C13H13ClO2S. The number of benzene rings is 1. The summed E-state index contributed by atoms with van der Waals surface area (Å²) in [5, 5.41) is 10.3. The van der Waals surface area contributed by atoms with Crippen molar-refractivity contribution in [2.24, 2.45) is 0 Å². The number of thiophene rings is 1. The molecular weight excluding hydrogens is 256 g/mol. The zero-order chi connectivity index (χ0) is 12.3. The highest BCUT2D eigenvalue weighted by molar-refractivity contribution is 7.16. The van der Waals surface area contributed by atoms with Crippen LogP contribution in [-0.4, -0.2) is 12.2 Å². The molecule has 4 heteroatoms. The Bertz CT molecular complexity index is 496. The van der Waals surface area contributed by atoms with Crippen molar-refractivity contribution in [1.29, 1.82) is 0 Å². The molecule has 2 aromatic rings. The van der Waals surface area contributed by atoms with Gasteiger partial charge in [0.05, 0.1) is 10.9 Å². The summed E-state index contributed by atoms with van der Waals surface area (Å²) in [6.07, 6.45) is -0.640. The van der Waals surface area contributed by atoms with Gasteiger partial charge in [-0.1, -0.05) is 35.9 Å². The predicted octanol–water partition coefficient (Wildman–Crippen LogP) is 3.63. The third-order valence-electron chi connectivity index (χ3n) is 2.51. The van der Waals surface area contributed by atoms with Gasteiger partial charge in [-0.25, -0.2) is 0 Å². The number of methoxy groups -OCH3 is 1. The van der Waals surface area contributed by atoms with Crippen molar-refractivity contribution in [2.75, 3.05) is 7.11 Å².